The van der Waals surface area contributed by atoms with Gasteiger partial charge in [-0.1, -0.05) is 6.42 Å². The Morgan fingerprint density at radius 2 is 2.21 bits per heavy atom. The summed E-state index contributed by atoms with van der Waals surface area (Å²) in [4.78, 5) is 11.3. The number of aliphatic hydroxyl groups excluding tert-OH is 2. The van der Waals surface area contributed by atoms with Crippen molar-refractivity contribution < 1.29 is 14.9 Å². The quantitative estimate of drug-likeness (QED) is 0.652. The van der Waals surface area contributed by atoms with E-state index in [0.717, 1.165) is 43.9 Å². The summed E-state index contributed by atoms with van der Waals surface area (Å²) in [7, 11) is 2.02. The van der Waals surface area contributed by atoms with Crippen molar-refractivity contribution in [3.63, 3.8) is 0 Å². The third-order valence-corrected chi connectivity index (χ3v) is 5.19. The predicted octanol–water partition coefficient (Wildman–Crippen LogP) is 0.983. The number of nitrogens with one attached hydrogen (secondary N) is 1. The molecular weight excluding hydrogens is 308 g/mol. The first-order chi connectivity index (χ1) is 11.7. The highest BCUT2D eigenvalue weighted by Crippen LogP contribution is 2.41. The zero-order valence-corrected chi connectivity index (χ0v) is 14.4. The molecule has 0 radical (unpaired) electrons. The van der Waals surface area contributed by atoms with Crippen molar-refractivity contribution in [2.75, 3.05) is 56.8 Å². The molecule has 7 heteroatoms. The fourth-order valence-electron chi connectivity index (χ4n) is 3.50. The number of nitrogens with zero attached hydrogens (tertiary/aromatic N) is 3. The zero-order chi connectivity index (χ0) is 17.0. The van der Waals surface area contributed by atoms with Gasteiger partial charge in [0, 0.05) is 44.1 Å². The van der Waals surface area contributed by atoms with Gasteiger partial charge < -0.3 is 25.2 Å². The summed E-state index contributed by atoms with van der Waals surface area (Å²) in [5.41, 5.74) is 0.992. The maximum Gasteiger partial charge on any atom is 0.224 e. The van der Waals surface area contributed by atoms with Gasteiger partial charge in [-0.05, 0) is 19.3 Å². The van der Waals surface area contributed by atoms with Gasteiger partial charge in [-0.2, -0.15) is 4.98 Å². The average Bonchev–Trinajstić information content (AvgIpc) is 3.10. The minimum absolute atomic E-state index is 0.00895. The first-order valence-corrected chi connectivity index (χ1v) is 8.79. The molecule has 1 atom stereocenters. The van der Waals surface area contributed by atoms with Gasteiger partial charge in [-0.15, -0.1) is 0 Å². The highest BCUT2D eigenvalue weighted by atomic mass is 16.5. The van der Waals surface area contributed by atoms with Crippen molar-refractivity contribution in [1.29, 1.82) is 0 Å². The molecule has 1 aromatic heterocycles. The molecule has 3 N–H and O–H groups in total. The summed E-state index contributed by atoms with van der Waals surface area (Å²) < 4.78 is 5.49. The van der Waals surface area contributed by atoms with Crippen LogP contribution >= 0.6 is 0 Å². The molecule has 2 heterocycles. The number of hydrogen-bond donors (Lipinski definition) is 3. The van der Waals surface area contributed by atoms with E-state index < -0.39 is 0 Å². The smallest absolute Gasteiger partial charge is 0.224 e. The second kappa shape index (κ2) is 7.63. The van der Waals surface area contributed by atoms with E-state index >= 15 is 0 Å². The van der Waals surface area contributed by atoms with Gasteiger partial charge in [0.05, 0.1) is 25.5 Å². The third-order valence-electron chi connectivity index (χ3n) is 5.19. The number of aromatic nitrogens is 2. The SMILES string of the molecule is CN(CC1(CO)CCC1)c1cc([C@@H]2CCOC2)nc(NCCO)n1. The molecule has 2 aliphatic rings. The van der Waals surface area contributed by atoms with E-state index in [2.05, 4.69) is 20.2 Å². The number of ether oxygens (including phenoxy) is 1. The minimum atomic E-state index is 0.00895. The topological polar surface area (TPSA) is 90.7 Å². The Balaban J connectivity index is 1.80. The Morgan fingerprint density at radius 3 is 2.79 bits per heavy atom. The molecule has 1 saturated heterocycles. The summed E-state index contributed by atoms with van der Waals surface area (Å²) in [6.45, 7) is 2.95. The van der Waals surface area contributed by atoms with E-state index in [-0.39, 0.29) is 18.6 Å². The van der Waals surface area contributed by atoms with Crippen LogP contribution < -0.4 is 10.2 Å². The molecule has 0 bridgehead atoms. The lowest BCUT2D eigenvalue weighted by Gasteiger charge is -2.43. The van der Waals surface area contributed by atoms with Crippen LogP contribution in [0.15, 0.2) is 6.07 Å². The largest absolute Gasteiger partial charge is 0.396 e. The van der Waals surface area contributed by atoms with Gasteiger partial charge in [0.15, 0.2) is 0 Å². The second-order valence-electron chi connectivity index (χ2n) is 7.05. The maximum absolute atomic E-state index is 9.71. The van der Waals surface area contributed by atoms with E-state index in [1.807, 2.05) is 13.1 Å². The summed E-state index contributed by atoms with van der Waals surface area (Å²) in [5.74, 6) is 1.69. The lowest BCUT2D eigenvalue weighted by atomic mass is 9.69. The molecule has 1 saturated carbocycles. The maximum atomic E-state index is 9.71. The van der Waals surface area contributed by atoms with Crippen molar-refractivity contribution >= 4 is 11.8 Å². The Labute approximate surface area is 143 Å². The molecule has 0 unspecified atom stereocenters. The zero-order valence-electron chi connectivity index (χ0n) is 14.4. The molecular formula is C17H28N4O3. The minimum Gasteiger partial charge on any atom is -0.396 e. The van der Waals surface area contributed by atoms with Gasteiger partial charge >= 0.3 is 0 Å². The molecule has 0 amide bonds. The van der Waals surface area contributed by atoms with Crippen LogP contribution in [-0.2, 0) is 4.74 Å². The van der Waals surface area contributed by atoms with E-state index in [1.165, 1.54) is 6.42 Å². The van der Waals surface area contributed by atoms with Gasteiger partial charge in [0.1, 0.15) is 5.82 Å². The van der Waals surface area contributed by atoms with Crippen molar-refractivity contribution in [3.8, 4) is 0 Å². The molecule has 0 aromatic carbocycles. The monoisotopic (exact) mass is 336 g/mol. The van der Waals surface area contributed by atoms with Crippen molar-refractivity contribution in [1.82, 2.24) is 9.97 Å². The van der Waals surface area contributed by atoms with Crippen LogP contribution in [0.1, 0.15) is 37.3 Å². The average molecular weight is 336 g/mol. The molecule has 3 rings (SSSR count). The lowest BCUT2D eigenvalue weighted by molar-refractivity contribution is 0.0523. The van der Waals surface area contributed by atoms with Crippen LogP contribution in [0.4, 0.5) is 11.8 Å². The van der Waals surface area contributed by atoms with Crippen LogP contribution in [0.3, 0.4) is 0 Å². The summed E-state index contributed by atoms with van der Waals surface area (Å²) >= 11 is 0. The summed E-state index contributed by atoms with van der Waals surface area (Å²) in [5, 5.41) is 21.8. The molecule has 24 heavy (non-hydrogen) atoms. The van der Waals surface area contributed by atoms with E-state index in [9.17, 15) is 5.11 Å². The van der Waals surface area contributed by atoms with Crippen LogP contribution in [0.25, 0.3) is 0 Å². The number of anilines is 2. The molecule has 1 aliphatic heterocycles. The second-order valence-corrected chi connectivity index (χ2v) is 7.05. The number of aliphatic hydroxyl groups is 2. The van der Waals surface area contributed by atoms with Gasteiger partial charge in [0.25, 0.3) is 0 Å². The highest BCUT2D eigenvalue weighted by Gasteiger charge is 2.37. The molecule has 7 nitrogen and oxygen atoms in total. The molecule has 2 fully saturated rings. The van der Waals surface area contributed by atoms with E-state index in [0.29, 0.717) is 25.0 Å². The first kappa shape index (κ1) is 17.4. The Hall–Kier alpha value is -1.44. The standard InChI is InChI=1S/C17H28N4O3/c1-21(11-17(12-23)4-2-5-17)15-9-14(13-3-8-24-10-13)19-16(20-15)18-6-7-22/h9,13,22-23H,2-8,10-12H2,1H3,(H,18,19,20)/t13-/m1/s1. The van der Waals surface area contributed by atoms with Crippen molar-refractivity contribution in [3.05, 3.63) is 11.8 Å². The highest BCUT2D eigenvalue weighted by molar-refractivity contribution is 5.45. The lowest BCUT2D eigenvalue weighted by Crippen LogP contribution is -2.44. The Morgan fingerprint density at radius 1 is 1.38 bits per heavy atom. The number of rotatable bonds is 8. The van der Waals surface area contributed by atoms with Gasteiger partial charge in [-0.3, -0.25) is 0 Å². The van der Waals surface area contributed by atoms with Crippen molar-refractivity contribution in [2.45, 2.75) is 31.6 Å². The predicted molar refractivity (Wildman–Crippen MR) is 92.4 cm³/mol. The van der Waals surface area contributed by atoms with Crippen LogP contribution in [-0.4, -0.2) is 66.7 Å². The van der Waals surface area contributed by atoms with Crippen LogP contribution in [0.2, 0.25) is 0 Å². The fourth-order valence-corrected chi connectivity index (χ4v) is 3.50. The normalized spacial score (nSPS) is 22.2. The van der Waals surface area contributed by atoms with Crippen molar-refractivity contribution in [2.24, 2.45) is 5.41 Å². The van der Waals surface area contributed by atoms with Crippen LogP contribution in [0, 0.1) is 5.41 Å². The Kier molecular flexibility index (Phi) is 5.53. The molecule has 1 aliphatic carbocycles. The Bertz CT molecular complexity index is 539. The molecule has 0 spiro atoms. The van der Waals surface area contributed by atoms with E-state index in [4.69, 9.17) is 9.84 Å². The van der Waals surface area contributed by atoms with Gasteiger partial charge in [0.2, 0.25) is 5.95 Å². The summed E-state index contributed by atoms with van der Waals surface area (Å²) in [6, 6.07) is 2.03. The first-order valence-electron chi connectivity index (χ1n) is 8.79. The van der Waals surface area contributed by atoms with E-state index in [1.54, 1.807) is 0 Å². The summed E-state index contributed by atoms with van der Waals surface area (Å²) in [6.07, 6.45) is 4.29. The van der Waals surface area contributed by atoms with Crippen LogP contribution in [0.5, 0.6) is 0 Å². The van der Waals surface area contributed by atoms with Gasteiger partial charge in [-0.25, -0.2) is 4.98 Å². The fraction of sp³-hybridized carbons (Fsp3) is 0.765. The number of hydrogen-bond acceptors (Lipinski definition) is 7. The molecule has 134 valence electrons. The third kappa shape index (κ3) is 3.79. The molecule has 1 aromatic rings.